The molecule has 1 heterocycles. The van der Waals surface area contributed by atoms with Crippen LogP contribution in [0.3, 0.4) is 0 Å². The summed E-state index contributed by atoms with van der Waals surface area (Å²) < 4.78 is 26.8. The third-order valence-electron chi connectivity index (χ3n) is 4.39. The number of amides is 1. The monoisotopic (exact) mass is 374 g/mol. The first-order valence-electron chi connectivity index (χ1n) is 8.58. The lowest BCUT2D eigenvalue weighted by Gasteiger charge is -2.31. The molecule has 1 atom stereocenters. The van der Waals surface area contributed by atoms with E-state index in [1.165, 1.54) is 4.31 Å². The lowest BCUT2D eigenvalue weighted by molar-refractivity contribution is -0.140. The molecule has 0 bridgehead atoms. The van der Waals surface area contributed by atoms with Gasteiger partial charge in [-0.3, -0.25) is 9.63 Å². The second-order valence-electron chi connectivity index (χ2n) is 6.26. The summed E-state index contributed by atoms with van der Waals surface area (Å²) in [5.74, 6) is -0.702. The first kappa shape index (κ1) is 18.6. The van der Waals surface area contributed by atoms with Crippen LogP contribution in [0.25, 0.3) is 0 Å². The average molecular weight is 374 g/mol. The van der Waals surface area contributed by atoms with Crippen LogP contribution in [0.15, 0.2) is 65.6 Å². The van der Waals surface area contributed by atoms with Crippen molar-refractivity contribution in [1.29, 1.82) is 0 Å². The van der Waals surface area contributed by atoms with Crippen molar-refractivity contribution >= 4 is 15.9 Å². The van der Waals surface area contributed by atoms with Crippen molar-refractivity contribution in [2.75, 3.05) is 13.1 Å². The fourth-order valence-electron chi connectivity index (χ4n) is 2.96. The summed E-state index contributed by atoms with van der Waals surface area (Å²) >= 11 is 0. The van der Waals surface area contributed by atoms with Crippen molar-refractivity contribution in [3.63, 3.8) is 0 Å². The van der Waals surface area contributed by atoms with Gasteiger partial charge < -0.3 is 0 Å². The fourth-order valence-corrected chi connectivity index (χ4v) is 4.51. The van der Waals surface area contributed by atoms with E-state index in [-0.39, 0.29) is 24.0 Å². The number of rotatable bonds is 6. The van der Waals surface area contributed by atoms with Crippen LogP contribution in [0.5, 0.6) is 0 Å². The van der Waals surface area contributed by atoms with Gasteiger partial charge in [0.15, 0.2) is 0 Å². The molecule has 1 unspecified atom stereocenters. The van der Waals surface area contributed by atoms with Crippen LogP contribution in [-0.4, -0.2) is 31.7 Å². The third kappa shape index (κ3) is 4.49. The zero-order valence-corrected chi connectivity index (χ0v) is 15.2. The molecular formula is C19H22N2O4S. The van der Waals surface area contributed by atoms with Gasteiger partial charge in [-0.2, -0.15) is 4.31 Å². The van der Waals surface area contributed by atoms with E-state index >= 15 is 0 Å². The lowest BCUT2D eigenvalue weighted by Crippen LogP contribution is -2.45. The van der Waals surface area contributed by atoms with Crippen LogP contribution in [0.4, 0.5) is 0 Å². The molecule has 6 nitrogen and oxygen atoms in total. The van der Waals surface area contributed by atoms with Gasteiger partial charge in [-0.1, -0.05) is 48.5 Å². The molecule has 1 saturated heterocycles. The number of hydrogen-bond acceptors (Lipinski definition) is 4. The number of hydroxylamine groups is 1. The van der Waals surface area contributed by atoms with E-state index in [0.717, 1.165) is 5.56 Å². The van der Waals surface area contributed by atoms with E-state index in [1.54, 1.807) is 30.3 Å². The van der Waals surface area contributed by atoms with E-state index in [1.807, 2.05) is 30.3 Å². The molecule has 138 valence electrons. The Kier molecular flexibility index (Phi) is 6.03. The van der Waals surface area contributed by atoms with Gasteiger partial charge in [-0.05, 0) is 30.5 Å². The molecule has 1 fully saturated rings. The van der Waals surface area contributed by atoms with Gasteiger partial charge in [0, 0.05) is 13.1 Å². The zero-order chi connectivity index (χ0) is 18.4. The van der Waals surface area contributed by atoms with E-state index in [2.05, 4.69) is 5.48 Å². The molecule has 1 aliphatic heterocycles. The van der Waals surface area contributed by atoms with Crippen molar-refractivity contribution in [2.24, 2.45) is 5.92 Å². The number of nitrogens with zero attached hydrogens (tertiary/aromatic N) is 1. The Balaban J connectivity index is 1.57. The highest BCUT2D eigenvalue weighted by molar-refractivity contribution is 7.89. The number of benzene rings is 2. The van der Waals surface area contributed by atoms with Crippen molar-refractivity contribution in [3.05, 3.63) is 66.2 Å². The Labute approximate surface area is 153 Å². The molecule has 2 aromatic carbocycles. The fraction of sp³-hybridized carbons (Fsp3) is 0.316. The number of hydrogen-bond donors (Lipinski definition) is 1. The molecule has 0 aliphatic carbocycles. The predicted molar refractivity (Wildman–Crippen MR) is 97.3 cm³/mol. The molecule has 2 aromatic rings. The minimum atomic E-state index is -3.58. The average Bonchev–Trinajstić information content (AvgIpc) is 2.69. The lowest BCUT2D eigenvalue weighted by atomic mass is 9.99. The molecule has 0 saturated carbocycles. The van der Waals surface area contributed by atoms with Crippen LogP contribution in [0.2, 0.25) is 0 Å². The molecule has 1 amide bonds. The SMILES string of the molecule is O=C(NOCc1ccccc1)C1CCCN(S(=O)(=O)c2ccccc2)C1. The Bertz CT molecular complexity index is 825. The highest BCUT2D eigenvalue weighted by atomic mass is 32.2. The largest absolute Gasteiger partial charge is 0.272 e. The van der Waals surface area contributed by atoms with Gasteiger partial charge >= 0.3 is 0 Å². The van der Waals surface area contributed by atoms with E-state index < -0.39 is 15.9 Å². The standard InChI is InChI=1S/C19H22N2O4S/c22-19(20-25-15-16-8-3-1-4-9-16)17-10-7-13-21(14-17)26(23,24)18-11-5-2-6-12-18/h1-6,8-9,11-12,17H,7,10,13-15H2,(H,20,22). The third-order valence-corrected chi connectivity index (χ3v) is 6.27. The van der Waals surface area contributed by atoms with Gasteiger partial charge in [-0.25, -0.2) is 13.9 Å². The van der Waals surface area contributed by atoms with Crippen molar-refractivity contribution in [2.45, 2.75) is 24.3 Å². The second-order valence-corrected chi connectivity index (χ2v) is 8.19. The maximum atomic E-state index is 12.7. The molecular weight excluding hydrogens is 352 g/mol. The molecule has 7 heteroatoms. The van der Waals surface area contributed by atoms with Gasteiger partial charge in [0.05, 0.1) is 17.4 Å². The van der Waals surface area contributed by atoms with Gasteiger partial charge in [0.25, 0.3) is 0 Å². The highest BCUT2D eigenvalue weighted by Gasteiger charge is 2.33. The second kappa shape index (κ2) is 8.44. The summed E-state index contributed by atoms with van der Waals surface area (Å²) in [4.78, 5) is 17.9. The Morgan fingerprint density at radius 3 is 2.42 bits per heavy atom. The number of carbonyl (C=O) groups is 1. The minimum absolute atomic E-state index is 0.164. The van der Waals surface area contributed by atoms with Crippen LogP contribution in [-0.2, 0) is 26.3 Å². The van der Waals surface area contributed by atoms with E-state index in [0.29, 0.717) is 19.4 Å². The highest BCUT2D eigenvalue weighted by Crippen LogP contribution is 2.23. The summed E-state index contributed by atoms with van der Waals surface area (Å²) in [5.41, 5.74) is 3.40. The molecule has 3 rings (SSSR count). The number of sulfonamides is 1. The molecule has 0 aromatic heterocycles. The van der Waals surface area contributed by atoms with Crippen molar-refractivity contribution < 1.29 is 18.0 Å². The van der Waals surface area contributed by atoms with E-state index in [4.69, 9.17) is 4.84 Å². The first-order valence-corrected chi connectivity index (χ1v) is 10.0. The molecule has 1 aliphatic rings. The van der Waals surface area contributed by atoms with Gasteiger partial charge in [0.1, 0.15) is 0 Å². The van der Waals surface area contributed by atoms with E-state index in [9.17, 15) is 13.2 Å². The number of nitrogens with one attached hydrogen (secondary N) is 1. The smallest absolute Gasteiger partial charge is 0.247 e. The Hall–Kier alpha value is -2.22. The van der Waals surface area contributed by atoms with Crippen LogP contribution in [0.1, 0.15) is 18.4 Å². The maximum absolute atomic E-state index is 12.7. The van der Waals surface area contributed by atoms with Crippen LogP contribution < -0.4 is 5.48 Å². The minimum Gasteiger partial charge on any atom is -0.272 e. The van der Waals surface area contributed by atoms with Crippen molar-refractivity contribution in [3.8, 4) is 0 Å². The van der Waals surface area contributed by atoms with Crippen LogP contribution >= 0.6 is 0 Å². The summed E-state index contributed by atoms with van der Waals surface area (Å²) in [5, 5.41) is 0. The number of carbonyl (C=O) groups excluding carboxylic acids is 1. The zero-order valence-electron chi connectivity index (χ0n) is 14.4. The van der Waals surface area contributed by atoms with Crippen LogP contribution in [0, 0.1) is 5.92 Å². The van der Waals surface area contributed by atoms with Gasteiger partial charge in [-0.15, -0.1) is 0 Å². The molecule has 26 heavy (non-hydrogen) atoms. The maximum Gasteiger partial charge on any atom is 0.247 e. The predicted octanol–water partition coefficient (Wildman–Crippen LogP) is 2.34. The first-order chi connectivity index (χ1) is 12.6. The topological polar surface area (TPSA) is 75.7 Å². The Morgan fingerprint density at radius 2 is 1.73 bits per heavy atom. The van der Waals surface area contributed by atoms with Crippen molar-refractivity contribution in [1.82, 2.24) is 9.79 Å². The summed E-state index contributed by atoms with van der Waals surface area (Å²) in [6, 6.07) is 17.8. The summed E-state index contributed by atoms with van der Waals surface area (Å²) in [6.07, 6.45) is 1.28. The van der Waals surface area contributed by atoms with Gasteiger partial charge in [0.2, 0.25) is 15.9 Å². The molecule has 1 N–H and O–H groups in total. The molecule has 0 radical (unpaired) electrons. The molecule has 0 spiro atoms. The quantitative estimate of drug-likeness (QED) is 0.788. The Morgan fingerprint density at radius 1 is 1.08 bits per heavy atom. The normalized spacial score (nSPS) is 18.4. The number of piperidine rings is 1. The summed E-state index contributed by atoms with van der Waals surface area (Å²) in [7, 11) is -3.58. The summed E-state index contributed by atoms with van der Waals surface area (Å²) in [6.45, 7) is 0.856.